The van der Waals surface area contributed by atoms with Crippen LogP contribution in [0.4, 0.5) is 4.39 Å². The van der Waals surface area contributed by atoms with Gasteiger partial charge in [0.15, 0.2) is 0 Å². The largest absolute Gasteiger partial charge is 0.496 e. The molecule has 1 aliphatic rings. The number of amides is 1. The molecule has 1 N–H and O–H groups in total. The topological polar surface area (TPSA) is 41.6 Å². The molecular weight excluding hydrogens is 331 g/mol. The van der Waals surface area contributed by atoms with Crippen molar-refractivity contribution < 1.29 is 13.9 Å². The van der Waals surface area contributed by atoms with Crippen LogP contribution < -0.4 is 10.1 Å². The average molecular weight is 351 g/mol. The molecule has 4 nitrogen and oxygen atoms in total. The van der Waals surface area contributed by atoms with E-state index < -0.39 is 0 Å². The molecule has 0 radical (unpaired) electrons. The van der Waals surface area contributed by atoms with Crippen molar-refractivity contribution in [2.24, 2.45) is 0 Å². The summed E-state index contributed by atoms with van der Waals surface area (Å²) < 4.78 is 18.8. The van der Waals surface area contributed by atoms with Gasteiger partial charge in [-0.2, -0.15) is 0 Å². The maximum Gasteiger partial charge on any atom is 0.258 e. The first kappa shape index (κ1) is 18.2. The van der Waals surface area contributed by atoms with E-state index in [4.69, 9.17) is 4.74 Å². The average Bonchev–Trinajstić information content (AvgIpc) is 2.61. The van der Waals surface area contributed by atoms with Crippen molar-refractivity contribution in [2.75, 3.05) is 26.7 Å². The van der Waals surface area contributed by atoms with Gasteiger partial charge in [0.2, 0.25) is 0 Å². The fourth-order valence-electron chi connectivity index (χ4n) is 2.94. The highest BCUT2D eigenvalue weighted by atomic mass is 35.5. The van der Waals surface area contributed by atoms with Crippen molar-refractivity contribution >= 4 is 18.3 Å². The minimum Gasteiger partial charge on any atom is -0.496 e. The molecule has 1 heterocycles. The van der Waals surface area contributed by atoms with Gasteiger partial charge in [-0.1, -0.05) is 24.3 Å². The van der Waals surface area contributed by atoms with Crippen molar-refractivity contribution in [2.45, 2.75) is 6.04 Å². The van der Waals surface area contributed by atoms with Crippen molar-refractivity contribution in [3.05, 3.63) is 65.5 Å². The molecule has 1 fully saturated rings. The maximum absolute atomic E-state index is 13.5. The number of piperazine rings is 1. The molecule has 128 valence electrons. The summed E-state index contributed by atoms with van der Waals surface area (Å²) in [6.45, 7) is 1.88. The smallest absolute Gasteiger partial charge is 0.258 e. The first-order chi connectivity index (χ1) is 11.2. The summed E-state index contributed by atoms with van der Waals surface area (Å²) in [5.41, 5.74) is 1.32. The predicted octanol–water partition coefficient (Wildman–Crippen LogP) is 3.04. The predicted molar refractivity (Wildman–Crippen MR) is 93.3 cm³/mol. The fraction of sp³-hybridized carbons (Fsp3) is 0.278. The number of ether oxygens (including phenoxy) is 1. The Balaban J connectivity index is 0.00000208. The van der Waals surface area contributed by atoms with E-state index in [-0.39, 0.29) is 30.2 Å². The van der Waals surface area contributed by atoms with E-state index >= 15 is 0 Å². The molecule has 6 heteroatoms. The minimum absolute atomic E-state index is 0. The maximum atomic E-state index is 13.5. The molecule has 1 amide bonds. The Morgan fingerprint density at radius 3 is 2.79 bits per heavy atom. The molecule has 0 spiro atoms. The third-order valence-electron chi connectivity index (χ3n) is 4.08. The fourth-order valence-corrected chi connectivity index (χ4v) is 2.94. The quantitative estimate of drug-likeness (QED) is 0.925. The number of rotatable bonds is 3. The number of hydrogen-bond acceptors (Lipinski definition) is 3. The molecule has 0 aromatic heterocycles. The molecule has 2 aromatic rings. The van der Waals surface area contributed by atoms with Gasteiger partial charge < -0.3 is 15.0 Å². The van der Waals surface area contributed by atoms with Crippen LogP contribution in [0.1, 0.15) is 22.0 Å². The number of hydrogen-bond donors (Lipinski definition) is 1. The first-order valence-electron chi connectivity index (χ1n) is 7.61. The first-order valence-corrected chi connectivity index (χ1v) is 7.61. The Hall–Kier alpha value is -2.11. The van der Waals surface area contributed by atoms with Crippen LogP contribution in [0, 0.1) is 5.82 Å². The second-order valence-electron chi connectivity index (χ2n) is 5.47. The Kier molecular flexibility index (Phi) is 6.17. The number of nitrogens with zero attached hydrogens (tertiary/aromatic N) is 1. The standard InChI is InChI=1S/C18H19FN2O2.ClH/c1-23-17-8-3-2-7-15(17)18(22)21-10-9-20-12-16(21)13-5-4-6-14(19)11-13;/h2-8,11,16,20H,9-10,12H2,1H3;1H. The molecule has 3 rings (SSSR count). The molecule has 24 heavy (non-hydrogen) atoms. The zero-order valence-electron chi connectivity index (χ0n) is 13.4. The van der Waals surface area contributed by atoms with Gasteiger partial charge in [0, 0.05) is 19.6 Å². The molecule has 1 unspecified atom stereocenters. The van der Waals surface area contributed by atoms with Crippen molar-refractivity contribution in [1.29, 1.82) is 0 Å². The minimum atomic E-state index is -0.294. The molecule has 1 aliphatic heterocycles. The van der Waals surface area contributed by atoms with Crippen LogP contribution in [0.5, 0.6) is 5.75 Å². The molecule has 0 bridgehead atoms. The Labute approximate surface area is 147 Å². The zero-order valence-corrected chi connectivity index (χ0v) is 14.2. The second kappa shape index (κ2) is 8.13. The second-order valence-corrected chi connectivity index (χ2v) is 5.47. The summed E-state index contributed by atoms with van der Waals surface area (Å²) >= 11 is 0. The SMILES string of the molecule is COc1ccccc1C(=O)N1CCNCC1c1cccc(F)c1.Cl. The van der Waals surface area contributed by atoms with Gasteiger partial charge in [-0.3, -0.25) is 4.79 Å². The van der Waals surface area contributed by atoms with Crippen LogP contribution in [0.15, 0.2) is 48.5 Å². The lowest BCUT2D eigenvalue weighted by Crippen LogP contribution is -2.48. The van der Waals surface area contributed by atoms with E-state index in [1.807, 2.05) is 18.2 Å². The van der Waals surface area contributed by atoms with E-state index in [2.05, 4.69) is 5.32 Å². The van der Waals surface area contributed by atoms with Crippen LogP contribution >= 0.6 is 12.4 Å². The normalized spacial score (nSPS) is 17.1. The van der Waals surface area contributed by atoms with Gasteiger partial charge >= 0.3 is 0 Å². The third-order valence-corrected chi connectivity index (χ3v) is 4.08. The van der Waals surface area contributed by atoms with Crippen LogP contribution in [-0.4, -0.2) is 37.6 Å². The number of halogens is 2. The van der Waals surface area contributed by atoms with Crippen molar-refractivity contribution in [1.82, 2.24) is 10.2 Å². The highest BCUT2D eigenvalue weighted by molar-refractivity contribution is 5.97. The van der Waals surface area contributed by atoms with Crippen LogP contribution in [0.2, 0.25) is 0 Å². The number of carbonyl (C=O) groups excluding carboxylic acids is 1. The Bertz CT molecular complexity index is 711. The summed E-state index contributed by atoms with van der Waals surface area (Å²) in [5.74, 6) is 0.157. The molecule has 1 atom stereocenters. The van der Waals surface area contributed by atoms with Crippen LogP contribution in [-0.2, 0) is 0 Å². The van der Waals surface area contributed by atoms with E-state index in [0.717, 1.165) is 5.56 Å². The van der Waals surface area contributed by atoms with E-state index in [0.29, 0.717) is 30.9 Å². The van der Waals surface area contributed by atoms with Gasteiger partial charge in [-0.25, -0.2) is 4.39 Å². The van der Waals surface area contributed by atoms with Gasteiger partial charge in [0.05, 0.1) is 18.7 Å². The number of carbonyl (C=O) groups is 1. The number of benzene rings is 2. The summed E-state index contributed by atoms with van der Waals surface area (Å²) in [6, 6.07) is 13.4. The zero-order chi connectivity index (χ0) is 16.2. The highest BCUT2D eigenvalue weighted by Crippen LogP contribution is 2.27. The van der Waals surface area contributed by atoms with E-state index in [9.17, 15) is 9.18 Å². The lowest BCUT2D eigenvalue weighted by Gasteiger charge is -2.36. The van der Waals surface area contributed by atoms with Gasteiger partial charge in [0.25, 0.3) is 5.91 Å². The summed E-state index contributed by atoms with van der Waals surface area (Å²) in [6.07, 6.45) is 0. The summed E-state index contributed by atoms with van der Waals surface area (Å²) in [7, 11) is 1.55. The third kappa shape index (κ3) is 3.68. The van der Waals surface area contributed by atoms with Crippen molar-refractivity contribution in [3.63, 3.8) is 0 Å². The number of nitrogens with one attached hydrogen (secondary N) is 1. The van der Waals surface area contributed by atoms with Crippen molar-refractivity contribution in [3.8, 4) is 5.75 Å². The van der Waals surface area contributed by atoms with Gasteiger partial charge in [0.1, 0.15) is 11.6 Å². The molecule has 2 aromatic carbocycles. The Morgan fingerprint density at radius 2 is 2.04 bits per heavy atom. The monoisotopic (exact) mass is 350 g/mol. The van der Waals surface area contributed by atoms with Crippen LogP contribution in [0.25, 0.3) is 0 Å². The molecule has 0 aliphatic carbocycles. The molecule has 1 saturated heterocycles. The molecular formula is C18H20ClFN2O2. The number of methoxy groups -OCH3 is 1. The van der Waals surface area contributed by atoms with Gasteiger partial charge in [-0.05, 0) is 29.8 Å². The van der Waals surface area contributed by atoms with Gasteiger partial charge in [-0.15, -0.1) is 12.4 Å². The van der Waals surface area contributed by atoms with E-state index in [1.165, 1.54) is 12.1 Å². The summed E-state index contributed by atoms with van der Waals surface area (Å²) in [5, 5.41) is 3.27. The lowest BCUT2D eigenvalue weighted by molar-refractivity contribution is 0.0630. The number of para-hydroxylation sites is 1. The lowest BCUT2D eigenvalue weighted by atomic mass is 10.0. The Morgan fingerprint density at radius 1 is 1.25 bits per heavy atom. The highest BCUT2D eigenvalue weighted by Gasteiger charge is 2.30. The van der Waals surface area contributed by atoms with Crippen LogP contribution in [0.3, 0.4) is 0 Å². The van der Waals surface area contributed by atoms with E-state index in [1.54, 1.807) is 30.2 Å². The summed E-state index contributed by atoms with van der Waals surface area (Å²) in [4.78, 5) is 14.8. The molecule has 0 saturated carbocycles.